The zero-order chi connectivity index (χ0) is 10.1. The molecule has 6 heteroatoms. The fourth-order valence-corrected chi connectivity index (χ4v) is 1.58. The van der Waals surface area contributed by atoms with Crippen LogP contribution < -0.4 is 11.1 Å². The molecule has 5 nitrogen and oxygen atoms in total. The van der Waals surface area contributed by atoms with Crippen LogP contribution in [0.15, 0.2) is 16.7 Å². The molecule has 0 bridgehead atoms. The summed E-state index contributed by atoms with van der Waals surface area (Å²) in [5, 5.41) is 7.18. The molecule has 2 rings (SSSR count). The molecule has 0 amide bonds. The van der Waals surface area contributed by atoms with Crippen molar-refractivity contribution in [2.75, 3.05) is 17.6 Å². The molecular weight excluding hydrogens is 246 g/mol. The van der Waals surface area contributed by atoms with Crippen LogP contribution in [0.4, 0.5) is 11.6 Å². The number of nitrogens with two attached hydrogens (primary N) is 1. The zero-order valence-electron chi connectivity index (χ0n) is 7.66. The van der Waals surface area contributed by atoms with E-state index in [1.54, 1.807) is 16.8 Å². The molecule has 14 heavy (non-hydrogen) atoms. The number of nitrogen functional groups attached to an aromatic ring is 1. The van der Waals surface area contributed by atoms with Crippen molar-refractivity contribution < 1.29 is 0 Å². The highest BCUT2D eigenvalue weighted by Crippen LogP contribution is 2.20. The van der Waals surface area contributed by atoms with Crippen LogP contribution >= 0.6 is 15.9 Å². The minimum Gasteiger partial charge on any atom is -0.383 e. The molecule has 0 aliphatic rings. The number of hydrogen-bond donors (Lipinski definition) is 2. The average molecular weight is 256 g/mol. The highest BCUT2D eigenvalue weighted by molar-refractivity contribution is 9.10. The van der Waals surface area contributed by atoms with Gasteiger partial charge in [0.1, 0.15) is 11.6 Å². The highest BCUT2D eigenvalue weighted by Gasteiger charge is 2.06. The maximum absolute atomic E-state index is 5.80. The van der Waals surface area contributed by atoms with Gasteiger partial charge in [-0.25, -0.2) is 4.98 Å². The van der Waals surface area contributed by atoms with Crippen molar-refractivity contribution in [1.29, 1.82) is 0 Å². The van der Waals surface area contributed by atoms with Gasteiger partial charge in [0.2, 0.25) is 0 Å². The predicted octanol–water partition coefficient (Wildman–Crippen LogP) is 1.51. The summed E-state index contributed by atoms with van der Waals surface area (Å²) in [5.74, 6) is 1.33. The summed E-state index contributed by atoms with van der Waals surface area (Å²) < 4.78 is 2.43. The van der Waals surface area contributed by atoms with E-state index in [-0.39, 0.29) is 0 Å². The molecule has 0 aromatic carbocycles. The van der Waals surface area contributed by atoms with Gasteiger partial charge in [-0.3, -0.25) is 0 Å². The smallest absolute Gasteiger partial charge is 0.173 e. The predicted molar refractivity (Wildman–Crippen MR) is 59.3 cm³/mol. The van der Waals surface area contributed by atoms with Crippen molar-refractivity contribution in [2.45, 2.75) is 6.92 Å². The maximum atomic E-state index is 5.80. The van der Waals surface area contributed by atoms with E-state index in [0.717, 1.165) is 22.5 Å². The Bertz CT molecular complexity index is 464. The van der Waals surface area contributed by atoms with Crippen molar-refractivity contribution in [3.05, 3.63) is 16.7 Å². The summed E-state index contributed by atoms with van der Waals surface area (Å²) in [7, 11) is 0. The largest absolute Gasteiger partial charge is 0.383 e. The summed E-state index contributed by atoms with van der Waals surface area (Å²) in [5.41, 5.74) is 6.52. The first-order valence-corrected chi connectivity index (χ1v) is 5.05. The minimum atomic E-state index is 0.566. The molecule has 74 valence electrons. The summed E-state index contributed by atoms with van der Waals surface area (Å²) in [6, 6.07) is 1.76. The van der Waals surface area contributed by atoms with Gasteiger partial charge in [-0.1, -0.05) is 0 Å². The topological polar surface area (TPSA) is 68.2 Å². The zero-order valence-corrected chi connectivity index (χ0v) is 9.24. The van der Waals surface area contributed by atoms with Crippen molar-refractivity contribution in [3.63, 3.8) is 0 Å². The highest BCUT2D eigenvalue weighted by atomic mass is 79.9. The Morgan fingerprint density at radius 1 is 1.64 bits per heavy atom. The van der Waals surface area contributed by atoms with Crippen molar-refractivity contribution in [3.8, 4) is 0 Å². The van der Waals surface area contributed by atoms with E-state index in [1.807, 2.05) is 6.92 Å². The van der Waals surface area contributed by atoms with Crippen molar-refractivity contribution in [2.24, 2.45) is 0 Å². The monoisotopic (exact) mass is 255 g/mol. The van der Waals surface area contributed by atoms with Gasteiger partial charge >= 0.3 is 0 Å². The standard InChI is InChI=1S/C8H10BrN5/c1-2-11-7-3-6(10)14-8(13-7)5(9)4-12-14/h3-4H,2,10H2,1H3,(H,11,13). The van der Waals surface area contributed by atoms with Gasteiger partial charge in [0, 0.05) is 12.6 Å². The van der Waals surface area contributed by atoms with Crippen LogP contribution in [0.25, 0.3) is 5.65 Å². The summed E-state index contributed by atoms with van der Waals surface area (Å²) in [6.45, 7) is 2.82. The number of aromatic nitrogens is 3. The van der Waals surface area contributed by atoms with Gasteiger partial charge in [0.05, 0.1) is 10.7 Å². The second-order valence-corrected chi connectivity index (χ2v) is 3.68. The second-order valence-electron chi connectivity index (χ2n) is 2.82. The second kappa shape index (κ2) is 3.45. The number of anilines is 2. The normalized spacial score (nSPS) is 10.7. The lowest BCUT2D eigenvalue weighted by Crippen LogP contribution is -2.05. The first kappa shape index (κ1) is 9.26. The van der Waals surface area contributed by atoms with Crippen LogP contribution in [0.1, 0.15) is 6.92 Å². The van der Waals surface area contributed by atoms with E-state index in [4.69, 9.17) is 5.73 Å². The lowest BCUT2D eigenvalue weighted by Gasteiger charge is -2.04. The first-order chi connectivity index (χ1) is 6.72. The van der Waals surface area contributed by atoms with Gasteiger partial charge in [-0.15, -0.1) is 0 Å². The van der Waals surface area contributed by atoms with E-state index in [9.17, 15) is 0 Å². The van der Waals surface area contributed by atoms with E-state index in [1.165, 1.54) is 0 Å². The van der Waals surface area contributed by atoms with Crippen LogP contribution in [-0.4, -0.2) is 21.1 Å². The van der Waals surface area contributed by atoms with Crippen molar-refractivity contribution in [1.82, 2.24) is 14.6 Å². The van der Waals surface area contributed by atoms with Crippen LogP contribution in [0.3, 0.4) is 0 Å². The fourth-order valence-electron chi connectivity index (χ4n) is 1.23. The maximum Gasteiger partial charge on any atom is 0.173 e. The minimum absolute atomic E-state index is 0.566. The molecule has 0 radical (unpaired) electrons. The first-order valence-electron chi connectivity index (χ1n) is 4.26. The summed E-state index contributed by atoms with van der Waals surface area (Å²) >= 11 is 3.36. The summed E-state index contributed by atoms with van der Waals surface area (Å²) in [4.78, 5) is 4.35. The van der Waals surface area contributed by atoms with Gasteiger partial charge in [0.15, 0.2) is 5.65 Å². The Labute approximate surface area is 89.4 Å². The van der Waals surface area contributed by atoms with Crippen molar-refractivity contribution >= 4 is 33.2 Å². The molecule has 2 heterocycles. The molecule has 0 fully saturated rings. The summed E-state index contributed by atoms with van der Waals surface area (Å²) in [6.07, 6.45) is 1.68. The van der Waals surface area contributed by atoms with Gasteiger partial charge in [-0.2, -0.15) is 9.61 Å². The number of rotatable bonds is 2. The lowest BCUT2D eigenvalue weighted by atomic mass is 10.5. The molecule has 0 atom stereocenters. The Balaban J connectivity index is 2.63. The number of hydrogen-bond acceptors (Lipinski definition) is 4. The SMILES string of the molecule is CCNc1cc(N)n2ncc(Br)c2n1. The molecule has 0 aliphatic heterocycles. The molecule has 3 N–H and O–H groups in total. The molecule has 0 unspecified atom stereocenters. The molecule has 2 aromatic rings. The third kappa shape index (κ3) is 1.41. The Kier molecular flexibility index (Phi) is 2.28. The number of nitrogens with one attached hydrogen (secondary N) is 1. The Hall–Kier alpha value is -1.30. The van der Waals surface area contributed by atoms with Crippen LogP contribution in [0.2, 0.25) is 0 Å². The van der Waals surface area contributed by atoms with Gasteiger partial charge < -0.3 is 11.1 Å². The van der Waals surface area contributed by atoms with Crippen LogP contribution in [-0.2, 0) is 0 Å². The van der Waals surface area contributed by atoms with E-state index < -0.39 is 0 Å². The molecule has 0 saturated heterocycles. The van der Waals surface area contributed by atoms with Gasteiger partial charge in [-0.05, 0) is 22.9 Å². The third-order valence-corrected chi connectivity index (χ3v) is 2.37. The molecule has 2 aromatic heterocycles. The molecule has 0 saturated carbocycles. The van der Waals surface area contributed by atoms with Crippen LogP contribution in [0.5, 0.6) is 0 Å². The average Bonchev–Trinajstić information content (AvgIpc) is 2.49. The molecule has 0 aliphatic carbocycles. The molecule has 0 spiro atoms. The third-order valence-electron chi connectivity index (χ3n) is 1.81. The Morgan fingerprint density at radius 2 is 2.43 bits per heavy atom. The number of fused-ring (bicyclic) bond motifs is 1. The number of nitrogens with zero attached hydrogens (tertiary/aromatic N) is 3. The number of halogens is 1. The Morgan fingerprint density at radius 3 is 3.14 bits per heavy atom. The van der Waals surface area contributed by atoms with E-state index in [0.29, 0.717) is 5.82 Å². The quantitative estimate of drug-likeness (QED) is 0.854. The van der Waals surface area contributed by atoms with Crippen LogP contribution in [0, 0.1) is 0 Å². The van der Waals surface area contributed by atoms with E-state index in [2.05, 4.69) is 31.3 Å². The van der Waals surface area contributed by atoms with E-state index >= 15 is 0 Å². The fraction of sp³-hybridized carbons (Fsp3) is 0.250. The van der Waals surface area contributed by atoms with Gasteiger partial charge in [0.25, 0.3) is 0 Å². The lowest BCUT2D eigenvalue weighted by molar-refractivity contribution is 0.950. The molecular formula is C8H10BrN5.